The number of nitrogens with zero attached hydrogens (tertiary/aromatic N) is 2. The van der Waals surface area contributed by atoms with E-state index in [9.17, 15) is 18.0 Å². The Kier molecular flexibility index (Phi) is 7.11. The normalized spacial score (nSPS) is 15.3. The summed E-state index contributed by atoms with van der Waals surface area (Å²) >= 11 is 0. The van der Waals surface area contributed by atoms with Crippen molar-refractivity contribution in [2.45, 2.75) is 13.1 Å². The van der Waals surface area contributed by atoms with Gasteiger partial charge in [0.2, 0.25) is 5.91 Å². The molecule has 0 bridgehead atoms. The largest absolute Gasteiger partial charge is 0.496 e. The maximum absolute atomic E-state index is 13.5. The zero-order valence-electron chi connectivity index (χ0n) is 16.3. The Morgan fingerprint density at radius 1 is 0.966 bits per heavy atom. The fourth-order valence-corrected chi connectivity index (χ4v) is 3.39. The lowest BCUT2D eigenvalue weighted by molar-refractivity contribution is -0.122. The molecule has 3 rings (SSSR count). The molecule has 1 saturated heterocycles. The van der Waals surface area contributed by atoms with E-state index in [4.69, 9.17) is 4.74 Å². The maximum Gasteiger partial charge on any atom is 0.234 e. The van der Waals surface area contributed by atoms with E-state index in [-0.39, 0.29) is 24.8 Å². The van der Waals surface area contributed by atoms with Gasteiger partial charge in [0, 0.05) is 50.9 Å². The van der Waals surface area contributed by atoms with Gasteiger partial charge in [-0.3, -0.25) is 14.6 Å². The quantitative estimate of drug-likeness (QED) is 0.766. The summed E-state index contributed by atoms with van der Waals surface area (Å²) in [7, 11) is 1.56. The number of hydrogen-bond donors (Lipinski definition) is 1. The number of ether oxygens (including phenoxy) is 1. The van der Waals surface area contributed by atoms with E-state index < -0.39 is 11.6 Å². The summed E-state index contributed by atoms with van der Waals surface area (Å²) in [5.41, 5.74) is 1.17. The van der Waals surface area contributed by atoms with Crippen LogP contribution in [0.1, 0.15) is 11.1 Å². The Labute approximate surface area is 168 Å². The molecule has 156 valence electrons. The molecule has 5 nitrogen and oxygen atoms in total. The first-order valence-electron chi connectivity index (χ1n) is 9.42. The zero-order chi connectivity index (χ0) is 20.8. The number of piperazine rings is 1. The molecule has 1 N–H and O–H groups in total. The van der Waals surface area contributed by atoms with Crippen molar-refractivity contribution in [2.24, 2.45) is 0 Å². The first-order valence-corrected chi connectivity index (χ1v) is 9.42. The minimum atomic E-state index is -0.666. The van der Waals surface area contributed by atoms with Crippen LogP contribution in [-0.4, -0.2) is 55.5 Å². The summed E-state index contributed by atoms with van der Waals surface area (Å²) in [4.78, 5) is 16.3. The van der Waals surface area contributed by atoms with Crippen LogP contribution in [-0.2, 0) is 17.9 Å². The number of halogens is 3. The van der Waals surface area contributed by atoms with Crippen molar-refractivity contribution in [1.82, 2.24) is 15.1 Å². The first kappa shape index (κ1) is 21.1. The van der Waals surface area contributed by atoms with Gasteiger partial charge in [0.15, 0.2) is 0 Å². The number of nitrogens with one attached hydrogen (secondary N) is 1. The molecular weight excluding hydrogens is 383 g/mol. The smallest absolute Gasteiger partial charge is 0.234 e. The highest BCUT2D eigenvalue weighted by Crippen LogP contribution is 2.21. The topological polar surface area (TPSA) is 44.8 Å². The van der Waals surface area contributed by atoms with Gasteiger partial charge in [-0.1, -0.05) is 0 Å². The summed E-state index contributed by atoms with van der Waals surface area (Å²) < 4.78 is 45.2. The Bertz CT molecular complexity index is 835. The third-order valence-corrected chi connectivity index (χ3v) is 4.88. The fraction of sp³-hybridized carbons (Fsp3) is 0.381. The van der Waals surface area contributed by atoms with Crippen LogP contribution in [0.25, 0.3) is 0 Å². The van der Waals surface area contributed by atoms with Gasteiger partial charge >= 0.3 is 0 Å². The van der Waals surface area contributed by atoms with Crippen LogP contribution in [0.2, 0.25) is 0 Å². The molecule has 1 heterocycles. The molecule has 0 radical (unpaired) electrons. The summed E-state index contributed by atoms with van der Waals surface area (Å²) in [6.45, 7) is 3.73. The second kappa shape index (κ2) is 9.76. The summed E-state index contributed by atoms with van der Waals surface area (Å²) in [6.07, 6.45) is 0. The van der Waals surface area contributed by atoms with Crippen LogP contribution in [0.4, 0.5) is 13.2 Å². The Morgan fingerprint density at radius 2 is 1.62 bits per heavy atom. The molecular formula is C21H24F3N3O2. The minimum absolute atomic E-state index is 0.0762. The van der Waals surface area contributed by atoms with E-state index in [1.54, 1.807) is 13.2 Å². The third-order valence-electron chi connectivity index (χ3n) is 4.88. The van der Waals surface area contributed by atoms with E-state index in [2.05, 4.69) is 10.2 Å². The average molecular weight is 407 g/mol. The van der Waals surface area contributed by atoms with E-state index in [1.165, 1.54) is 24.3 Å². The lowest BCUT2D eigenvalue weighted by Crippen LogP contribution is -2.49. The summed E-state index contributed by atoms with van der Waals surface area (Å²) in [5.74, 6) is -1.17. The highest BCUT2D eigenvalue weighted by molar-refractivity contribution is 5.78. The molecule has 0 atom stereocenters. The van der Waals surface area contributed by atoms with E-state index in [0.29, 0.717) is 30.9 Å². The van der Waals surface area contributed by atoms with Crippen LogP contribution in [0.5, 0.6) is 5.75 Å². The molecule has 0 saturated carbocycles. The standard InChI is InChI=1S/C21H24F3N3O2/c1-29-20-3-2-17(22)10-16(20)13-26-4-6-27(7-5-26)14-21(28)25-12-15-8-18(23)11-19(24)9-15/h2-3,8-11H,4-7,12-14H2,1H3,(H,25,28). The van der Waals surface area contributed by atoms with Gasteiger partial charge in [0.1, 0.15) is 23.2 Å². The van der Waals surface area contributed by atoms with Crippen molar-refractivity contribution in [3.05, 3.63) is 65.0 Å². The number of hydrogen-bond acceptors (Lipinski definition) is 4. The molecule has 0 spiro atoms. The van der Waals surface area contributed by atoms with Crippen molar-refractivity contribution in [3.8, 4) is 5.75 Å². The predicted molar refractivity (Wildman–Crippen MR) is 103 cm³/mol. The van der Waals surface area contributed by atoms with E-state index in [0.717, 1.165) is 24.7 Å². The number of benzene rings is 2. The van der Waals surface area contributed by atoms with Gasteiger partial charge in [0.05, 0.1) is 13.7 Å². The maximum atomic E-state index is 13.5. The van der Waals surface area contributed by atoms with Gasteiger partial charge in [-0.2, -0.15) is 0 Å². The SMILES string of the molecule is COc1ccc(F)cc1CN1CCN(CC(=O)NCc2cc(F)cc(F)c2)CC1. The summed E-state index contributed by atoms with van der Waals surface area (Å²) in [5, 5.41) is 2.69. The first-order chi connectivity index (χ1) is 13.9. The molecule has 1 amide bonds. The van der Waals surface area contributed by atoms with Gasteiger partial charge in [-0.15, -0.1) is 0 Å². The van der Waals surface area contributed by atoms with Crippen LogP contribution < -0.4 is 10.1 Å². The molecule has 2 aromatic carbocycles. The number of carbonyl (C=O) groups is 1. The molecule has 2 aromatic rings. The molecule has 1 aliphatic heterocycles. The highest BCUT2D eigenvalue weighted by atomic mass is 19.1. The van der Waals surface area contributed by atoms with Gasteiger partial charge < -0.3 is 10.1 Å². The molecule has 0 unspecified atom stereocenters. The van der Waals surface area contributed by atoms with Crippen LogP contribution in [0, 0.1) is 17.5 Å². The van der Waals surface area contributed by atoms with Crippen molar-refractivity contribution in [2.75, 3.05) is 39.8 Å². The Morgan fingerprint density at radius 3 is 2.28 bits per heavy atom. The lowest BCUT2D eigenvalue weighted by Gasteiger charge is -2.34. The lowest BCUT2D eigenvalue weighted by atomic mass is 10.1. The predicted octanol–water partition coefficient (Wildman–Crippen LogP) is 2.55. The number of rotatable bonds is 7. The molecule has 0 aromatic heterocycles. The van der Waals surface area contributed by atoms with E-state index in [1.807, 2.05) is 4.90 Å². The Hall–Kier alpha value is -2.58. The number of amides is 1. The zero-order valence-corrected chi connectivity index (χ0v) is 16.3. The second-order valence-electron chi connectivity index (χ2n) is 7.06. The van der Waals surface area contributed by atoms with Crippen LogP contribution in [0.15, 0.2) is 36.4 Å². The molecule has 29 heavy (non-hydrogen) atoms. The third kappa shape index (κ3) is 6.20. The number of methoxy groups -OCH3 is 1. The van der Waals surface area contributed by atoms with Crippen molar-refractivity contribution in [3.63, 3.8) is 0 Å². The van der Waals surface area contributed by atoms with Gasteiger partial charge in [0.25, 0.3) is 0 Å². The molecule has 1 aliphatic rings. The van der Waals surface area contributed by atoms with Gasteiger partial charge in [-0.25, -0.2) is 13.2 Å². The number of carbonyl (C=O) groups excluding carboxylic acids is 1. The van der Waals surface area contributed by atoms with Crippen molar-refractivity contribution >= 4 is 5.91 Å². The second-order valence-corrected chi connectivity index (χ2v) is 7.06. The average Bonchev–Trinajstić information content (AvgIpc) is 2.67. The summed E-state index contributed by atoms with van der Waals surface area (Å²) in [6, 6.07) is 7.66. The molecule has 1 fully saturated rings. The van der Waals surface area contributed by atoms with Crippen molar-refractivity contribution in [1.29, 1.82) is 0 Å². The van der Waals surface area contributed by atoms with Crippen molar-refractivity contribution < 1.29 is 22.7 Å². The fourth-order valence-electron chi connectivity index (χ4n) is 3.39. The highest BCUT2D eigenvalue weighted by Gasteiger charge is 2.20. The minimum Gasteiger partial charge on any atom is -0.496 e. The van der Waals surface area contributed by atoms with Gasteiger partial charge in [-0.05, 0) is 35.9 Å². The molecule has 8 heteroatoms. The van der Waals surface area contributed by atoms with Crippen LogP contribution in [0.3, 0.4) is 0 Å². The van der Waals surface area contributed by atoms with E-state index >= 15 is 0 Å². The molecule has 0 aliphatic carbocycles. The monoisotopic (exact) mass is 407 g/mol. The van der Waals surface area contributed by atoms with Crippen LogP contribution >= 0.6 is 0 Å². The Balaban J connectivity index is 1.43.